The van der Waals surface area contributed by atoms with Gasteiger partial charge in [0.1, 0.15) is 5.70 Å². The highest BCUT2D eigenvalue weighted by molar-refractivity contribution is 8.21. The van der Waals surface area contributed by atoms with Gasteiger partial charge in [0, 0.05) is 0 Å². The average Bonchev–Trinajstić information content (AvgIpc) is 2.34. The molecule has 1 rings (SSSR count). The molecule has 6 heteroatoms. The average molecular weight is 220 g/mol. The number of thiocarbonyl (C=S) groups is 1. The van der Waals surface area contributed by atoms with Crippen molar-refractivity contribution in [3.63, 3.8) is 0 Å². The van der Waals surface area contributed by atoms with Crippen LogP contribution in [0.2, 0.25) is 0 Å². The van der Waals surface area contributed by atoms with E-state index in [-0.39, 0.29) is 5.91 Å². The van der Waals surface area contributed by atoms with Crippen LogP contribution in [0.3, 0.4) is 0 Å². The lowest BCUT2D eigenvalue weighted by molar-refractivity contribution is -0.115. The van der Waals surface area contributed by atoms with E-state index < -0.39 is 0 Å². The number of carbonyl (C=O) groups excluding carboxylic acids is 1. The van der Waals surface area contributed by atoms with E-state index in [4.69, 9.17) is 12.2 Å². The summed E-state index contributed by atoms with van der Waals surface area (Å²) in [7, 11) is 0. The molecule has 1 heterocycles. The van der Waals surface area contributed by atoms with Crippen LogP contribution in [0.15, 0.2) is 9.93 Å². The molecule has 0 bridgehead atoms. The van der Waals surface area contributed by atoms with E-state index in [1.807, 2.05) is 12.5 Å². The van der Waals surface area contributed by atoms with Crippen molar-refractivity contribution in [1.82, 2.24) is 10.6 Å². The molecule has 0 atom stereocenters. The number of rotatable bonds is 2. The van der Waals surface area contributed by atoms with Gasteiger partial charge >= 0.3 is 0 Å². The van der Waals surface area contributed by atoms with E-state index in [2.05, 4.69) is 10.6 Å². The van der Waals surface area contributed by atoms with Gasteiger partial charge in [0.2, 0.25) is 0 Å². The van der Waals surface area contributed by atoms with E-state index in [0.717, 1.165) is 4.24 Å². The van der Waals surface area contributed by atoms with Gasteiger partial charge in [-0.1, -0.05) is 0 Å². The standard InChI is InChI=1S/C6H8N2OS3/c1-11-5(12-2)3-4(9)8-6(10)7-3/h1-2H3,(H2,7,8,9,10). The van der Waals surface area contributed by atoms with Crippen molar-refractivity contribution in [3.8, 4) is 0 Å². The van der Waals surface area contributed by atoms with Gasteiger partial charge in [0.15, 0.2) is 5.11 Å². The van der Waals surface area contributed by atoms with Crippen molar-refractivity contribution in [1.29, 1.82) is 0 Å². The molecule has 0 aromatic carbocycles. The lowest BCUT2D eigenvalue weighted by Crippen LogP contribution is -2.21. The third kappa shape index (κ3) is 1.94. The number of carbonyl (C=O) groups is 1. The Bertz CT molecular complexity index is 256. The number of hydrogen-bond donors (Lipinski definition) is 2. The molecule has 1 aliphatic heterocycles. The first kappa shape index (κ1) is 9.88. The quantitative estimate of drug-likeness (QED) is 0.534. The Kier molecular flexibility index (Phi) is 3.42. The summed E-state index contributed by atoms with van der Waals surface area (Å²) in [5.74, 6) is -0.140. The third-order valence-corrected chi connectivity index (χ3v) is 3.62. The zero-order valence-electron chi connectivity index (χ0n) is 6.63. The molecule has 66 valence electrons. The van der Waals surface area contributed by atoms with Crippen LogP contribution < -0.4 is 10.6 Å². The molecule has 3 nitrogen and oxygen atoms in total. The normalized spacial score (nSPS) is 16.0. The molecular formula is C6H8N2OS3. The molecule has 1 fully saturated rings. The Morgan fingerprint density at radius 2 is 1.92 bits per heavy atom. The lowest BCUT2D eigenvalue weighted by atomic mass is 10.5. The van der Waals surface area contributed by atoms with Crippen molar-refractivity contribution in [2.45, 2.75) is 0 Å². The van der Waals surface area contributed by atoms with Crippen LogP contribution in [-0.2, 0) is 4.79 Å². The van der Waals surface area contributed by atoms with Crippen LogP contribution in [0.1, 0.15) is 0 Å². The Morgan fingerprint density at radius 1 is 1.33 bits per heavy atom. The van der Waals surface area contributed by atoms with Crippen LogP contribution in [0.5, 0.6) is 0 Å². The van der Waals surface area contributed by atoms with Gasteiger partial charge in [0.25, 0.3) is 5.91 Å². The molecule has 1 aliphatic rings. The molecule has 0 aliphatic carbocycles. The van der Waals surface area contributed by atoms with Gasteiger partial charge in [-0.3, -0.25) is 10.1 Å². The maximum absolute atomic E-state index is 11.2. The van der Waals surface area contributed by atoms with Crippen LogP contribution in [0.25, 0.3) is 0 Å². The first-order valence-electron chi connectivity index (χ1n) is 3.13. The number of amides is 1. The fraction of sp³-hybridized carbons (Fsp3) is 0.333. The predicted molar refractivity (Wildman–Crippen MR) is 57.9 cm³/mol. The fourth-order valence-corrected chi connectivity index (χ4v) is 2.36. The van der Waals surface area contributed by atoms with Crippen LogP contribution in [0, 0.1) is 0 Å². The Balaban J connectivity index is 2.93. The van der Waals surface area contributed by atoms with Crippen molar-refractivity contribution < 1.29 is 4.79 Å². The van der Waals surface area contributed by atoms with E-state index in [1.165, 1.54) is 23.5 Å². The monoisotopic (exact) mass is 220 g/mol. The highest BCUT2D eigenvalue weighted by Crippen LogP contribution is 2.27. The maximum atomic E-state index is 11.2. The summed E-state index contributed by atoms with van der Waals surface area (Å²) in [6.45, 7) is 0. The Hall–Kier alpha value is -0.200. The van der Waals surface area contributed by atoms with Crippen molar-refractivity contribution in [2.24, 2.45) is 0 Å². The minimum Gasteiger partial charge on any atom is -0.327 e. The maximum Gasteiger partial charge on any atom is 0.275 e. The van der Waals surface area contributed by atoms with Gasteiger partial charge in [-0.15, -0.1) is 23.5 Å². The first-order chi connectivity index (χ1) is 5.69. The van der Waals surface area contributed by atoms with Crippen LogP contribution in [0.4, 0.5) is 0 Å². The molecule has 0 unspecified atom stereocenters. The summed E-state index contributed by atoms with van der Waals surface area (Å²) in [6, 6.07) is 0. The number of hydrogen-bond acceptors (Lipinski definition) is 4. The highest BCUT2D eigenvalue weighted by Gasteiger charge is 2.23. The van der Waals surface area contributed by atoms with Crippen LogP contribution in [-0.4, -0.2) is 23.5 Å². The van der Waals surface area contributed by atoms with E-state index in [9.17, 15) is 4.79 Å². The Morgan fingerprint density at radius 3 is 2.25 bits per heavy atom. The minimum absolute atomic E-state index is 0.140. The minimum atomic E-state index is -0.140. The molecule has 0 aromatic heterocycles. The molecule has 1 amide bonds. The van der Waals surface area contributed by atoms with E-state index in [0.29, 0.717) is 10.8 Å². The molecule has 12 heavy (non-hydrogen) atoms. The molecule has 0 saturated carbocycles. The highest BCUT2D eigenvalue weighted by atomic mass is 32.2. The molecular weight excluding hydrogens is 212 g/mol. The Labute approximate surface area is 84.7 Å². The largest absolute Gasteiger partial charge is 0.327 e. The van der Waals surface area contributed by atoms with Gasteiger partial charge in [-0.05, 0) is 24.7 Å². The lowest BCUT2D eigenvalue weighted by Gasteiger charge is -2.01. The second-order valence-corrected chi connectivity index (χ2v) is 4.28. The second kappa shape index (κ2) is 4.15. The molecule has 0 radical (unpaired) electrons. The second-order valence-electron chi connectivity index (χ2n) is 1.98. The summed E-state index contributed by atoms with van der Waals surface area (Å²) in [4.78, 5) is 11.2. The summed E-state index contributed by atoms with van der Waals surface area (Å²) < 4.78 is 0.951. The van der Waals surface area contributed by atoms with E-state index >= 15 is 0 Å². The summed E-state index contributed by atoms with van der Waals surface area (Å²) in [6.07, 6.45) is 3.85. The zero-order valence-corrected chi connectivity index (χ0v) is 9.08. The van der Waals surface area contributed by atoms with Crippen LogP contribution >= 0.6 is 35.7 Å². The summed E-state index contributed by atoms with van der Waals surface area (Å²) in [5.41, 5.74) is 0.569. The molecule has 0 aromatic rings. The number of nitrogens with one attached hydrogen (secondary N) is 2. The third-order valence-electron chi connectivity index (χ3n) is 1.27. The van der Waals surface area contributed by atoms with Gasteiger partial charge < -0.3 is 5.32 Å². The van der Waals surface area contributed by atoms with Gasteiger partial charge in [0.05, 0.1) is 4.24 Å². The summed E-state index contributed by atoms with van der Waals surface area (Å²) in [5, 5.41) is 5.71. The number of thioether (sulfide) groups is 2. The SMILES string of the molecule is CSC(SC)=C1NC(=S)NC1=O. The summed E-state index contributed by atoms with van der Waals surface area (Å²) >= 11 is 7.86. The molecule has 1 saturated heterocycles. The predicted octanol–water partition coefficient (Wildman–Crippen LogP) is 0.886. The van der Waals surface area contributed by atoms with Gasteiger partial charge in [-0.25, -0.2) is 0 Å². The molecule has 0 spiro atoms. The van der Waals surface area contributed by atoms with Crippen molar-refractivity contribution in [3.05, 3.63) is 9.93 Å². The first-order valence-corrected chi connectivity index (χ1v) is 5.99. The van der Waals surface area contributed by atoms with Gasteiger partial charge in [-0.2, -0.15) is 0 Å². The smallest absolute Gasteiger partial charge is 0.275 e. The van der Waals surface area contributed by atoms with Crippen molar-refractivity contribution in [2.75, 3.05) is 12.5 Å². The topological polar surface area (TPSA) is 41.1 Å². The van der Waals surface area contributed by atoms with E-state index in [1.54, 1.807) is 0 Å². The fourth-order valence-electron chi connectivity index (χ4n) is 0.798. The zero-order chi connectivity index (χ0) is 9.14. The molecule has 2 N–H and O–H groups in total. The van der Waals surface area contributed by atoms with Crippen molar-refractivity contribution >= 4 is 46.8 Å².